The van der Waals surface area contributed by atoms with Crippen molar-refractivity contribution >= 4 is 5.96 Å². The molecule has 0 saturated carbocycles. The number of ether oxygens (including phenoxy) is 2. The van der Waals surface area contributed by atoms with Crippen molar-refractivity contribution < 1.29 is 9.47 Å². The van der Waals surface area contributed by atoms with E-state index >= 15 is 0 Å². The lowest BCUT2D eigenvalue weighted by Crippen LogP contribution is -2.49. The minimum Gasteiger partial charge on any atom is -0.379 e. The van der Waals surface area contributed by atoms with Gasteiger partial charge in [0.15, 0.2) is 5.96 Å². The van der Waals surface area contributed by atoms with Crippen LogP contribution in [0.1, 0.15) is 38.9 Å². The van der Waals surface area contributed by atoms with Crippen LogP contribution in [0.5, 0.6) is 0 Å². The van der Waals surface area contributed by atoms with Crippen LogP contribution in [0.25, 0.3) is 0 Å². The molecule has 8 nitrogen and oxygen atoms in total. The van der Waals surface area contributed by atoms with E-state index in [0.717, 1.165) is 70.4 Å². The fraction of sp³-hybridized carbons (Fsp3) is 0.810. The predicted octanol–water partition coefficient (Wildman–Crippen LogP) is 1.51. The highest BCUT2D eigenvalue weighted by atomic mass is 16.5. The summed E-state index contributed by atoms with van der Waals surface area (Å²) in [6.45, 7) is 14.4. The number of guanidine groups is 1. The molecule has 164 valence electrons. The first-order valence-corrected chi connectivity index (χ1v) is 11.0. The second-order valence-electron chi connectivity index (χ2n) is 8.38. The third-order valence-electron chi connectivity index (χ3n) is 5.55. The molecule has 2 atom stereocenters. The number of nitrogens with zero attached hydrogens (tertiary/aromatic N) is 5. The fourth-order valence-corrected chi connectivity index (χ4v) is 4.09. The van der Waals surface area contributed by atoms with Gasteiger partial charge in [0.25, 0.3) is 0 Å². The number of rotatable bonds is 7. The van der Waals surface area contributed by atoms with E-state index in [0.29, 0.717) is 18.6 Å². The van der Waals surface area contributed by atoms with E-state index in [1.807, 2.05) is 24.1 Å². The lowest BCUT2D eigenvalue weighted by molar-refractivity contribution is -0.00827. The molecule has 2 aliphatic rings. The molecule has 8 heteroatoms. The lowest BCUT2D eigenvalue weighted by atomic mass is 10.0. The number of nitrogens with one attached hydrogen (secondary N) is 1. The highest BCUT2D eigenvalue weighted by Crippen LogP contribution is 2.22. The third kappa shape index (κ3) is 6.42. The molecule has 1 aromatic rings. The average Bonchev–Trinajstić information content (AvgIpc) is 3.17. The smallest absolute Gasteiger partial charge is 0.194 e. The molecular formula is C21H38N6O2. The average molecular weight is 407 g/mol. The van der Waals surface area contributed by atoms with Crippen LogP contribution in [0.3, 0.4) is 0 Å². The second kappa shape index (κ2) is 10.9. The van der Waals surface area contributed by atoms with Gasteiger partial charge in [-0.1, -0.05) is 13.8 Å². The summed E-state index contributed by atoms with van der Waals surface area (Å²) in [7, 11) is 1.94. The van der Waals surface area contributed by atoms with Crippen LogP contribution in [0, 0.1) is 5.92 Å². The highest BCUT2D eigenvalue weighted by molar-refractivity contribution is 5.80. The Morgan fingerprint density at radius 2 is 2.07 bits per heavy atom. The molecule has 0 bridgehead atoms. The van der Waals surface area contributed by atoms with E-state index in [4.69, 9.17) is 14.5 Å². The SMILES string of the molecule is CCNC(=NCC(CC(C)C)N1CCOCC1)N1CCOC(c2cnn(C)c2)C1. The Labute approximate surface area is 175 Å². The van der Waals surface area contributed by atoms with Crippen LogP contribution in [-0.4, -0.2) is 90.7 Å². The van der Waals surface area contributed by atoms with Gasteiger partial charge in [-0.05, 0) is 19.3 Å². The molecule has 2 fully saturated rings. The predicted molar refractivity (Wildman–Crippen MR) is 115 cm³/mol. The fourth-order valence-electron chi connectivity index (χ4n) is 4.09. The Balaban J connectivity index is 1.68. The normalized spacial score (nSPS) is 22.9. The summed E-state index contributed by atoms with van der Waals surface area (Å²) in [4.78, 5) is 9.95. The van der Waals surface area contributed by atoms with Gasteiger partial charge in [0.2, 0.25) is 0 Å². The first-order chi connectivity index (χ1) is 14.1. The Morgan fingerprint density at radius 3 is 2.72 bits per heavy atom. The highest BCUT2D eigenvalue weighted by Gasteiger charge is 2.26. The summed E-state index contributed by atoms with van der Waals surface area (Å²) in [5.74, 6) is 1.64. The molecule has 3 heterocycles. The molecule has 1 N–H and O–H groups in total. The molecule has 2 unspecified atom stereocenters. The number of aromatic nitrogens is 2. The van der Waals surface area contributed by atoms with Crippen molar-refractivity contribution in [2.75, 3.05) is 59.1 Å². The lowest BCUT2D eigenvalue weighted by Gasteiger charge is -2.36. The van der Waals surface area contributed by atoms with Crippen LogP contribution in [0.4, 0.5) is 0 Å². The van der Waals surface area contributed by atoms with Gasteiger partial charge in [0.05, 0.1) is 39.1 Å². The van der Waals surface area contributed by atoms with E-state index in [2.05, 4.69) is 41.0 Å². The summed E-state index contributed by atoms with van der Waals surface area (Å²) in [5, 5.41) is 7.79. The summed E-state index contributed by atoms with van der Waals surface area (Å²) in [5.41, 5.74) is 1.12. The van der Waals surface area contributed by atoms with Crippen molar-refractivity contribution in [3.63, 3.8) is 0 Å². The van der Waals surface area contributed by atoms with Crippen molar-refractivity contribution in [3.05, 3.63) is 18.0 Å². The number of aryl methyl sites for hydroxylation is 1. The quantitative estimate of drug-likeness (QED) is 0.547. The molecule has 0 spiro atoms. The summed E-state index contributed by atoms with van der Waals surface area (Å²) in [6.07, 6.45) is 5.13. The van der Waals surface area contributed by atoms with Gasteiger partial charge >= 0.3 is 0 Å². The maximum atomic E-state index is 6.01. The first kappa shape index (κ1) is 22.1. The zero-order chi connectivity index (χ0) is 20.6. The molecule has 0 aliphatic carbocycles. The Kier molecular flexibility index (Phi) is 8.32. The van der Waals surface area contributed by atoms with Crippen LogP contribution in [0.2, 0.25) is 0 Å². The van der Waals surface area contributed by atoms with Gasteiger partial charge < -0.3 is 19.7 Å². The van der Waals surface area contributed by atoms with E-state index < -0.39 is 0 Å². The summed E-state index contributed by atoms with van der Waals surface area (Å²) < 4.78 is 13.4. The molecule has 2 aliphatic heterocycles. The van der Waals surface area contributed by atoms with Crippen molar-refractivity contribution in [1.29, 1.82) is 0 Å². The molecular weight excluding hydrogens is 368 g/mol. The topological polar surface area (TPSA) is 67.2 Å². The van der Waals surface area contributed by atoms with Crippen LogP contribution < -0.4 is 5.32 Å². The third-order valence-corrected chi connectivity index (χ3v) is 5.55. The molecule has 0 amide bonds. The van der Waals surface area contributed by atoms with Gasteiger partial charge in [-0.2, -0.15) is 5.10 Å². The molecule has 0 radical (unpaired) electrons. The van der Waals surface area contributed by atoms with E-state index in [9.17, 15) is 0 Å². The molecule has 1 aromatic heterocycles. The second-order valence-corrected chi connectivity index (χ2v) is 8.38. The minimum atomic E-state index is 0.0343. The van der Waals surface area contributed by atoms with E-state index in [-0.39, 0.29) is 6.10 Å². The Hall–Kier alpha value is -1.64. The zero-order valence-corrected chi connectivity index (χ0v) is 18.5. The standard InChI is InChI=1S/C21H38N6O2/c1-5-22-21(23-14-19(12-17(2)3)26-6-9-28-10-7-26)27-8-11-29-20(16-27)18-13-24-25(4)15-18/h13,15,17,19-20H,5-12,14,16H2,1-4H3,(H,22,23). The molecule has 0 aromatic carbocycles. The van der Waals surface area contributed by atoms with Gasteiger partial charge in [-0.25, -0.2) is 0 Å². The van der Waals surface area contributed by atoms with E-state index in [1.54, 1.807) is 0 Å². The van der Waals surface area contributed by atoms with Crippen molar-refractivity contribution in [2.45, 2.75) is 39.3 Å². The van der Waals surface area contributed by atoms with E-state index in [1.165, 1.54) is 0 Å². The van der Waals surface area contributed by atoms with Crippen LogP contribution in [0.15, 0.2) is 17.4 Å². The molecule has 3 rings (SSSR count). The van der Waals surface area contributed by atoms with Gasteiger partial charge in [-0.15, -0.1) is 0 Å². The minimum absolute atomic E-state index is 0.0343. The first-order valence-electron chi connectivity index (χ1n) is 11.0. The zero-order valence-electron chi connectivity index (χ0n) is 18.5. The largest absolute Gasteiger partial charge is 0.379 e. The molecule has 2 saturated heterocycles. The van der Waals surface area contributed by atoms with Crippen LogP contribution in [-0.2, 0) is 16.5 Å². The number of hydrogen-bond acceptors (Lipinski definition) is 5. The van der Waals surface area contributed by atoms with Crippen molar-refractivity contribution in [2.24, 2.45) is 18.0 Å². The Bertz CT molecular complexity index is 641. The van der Waals surface area contributed by atoms with Gasteiger partial charge in [0.1, 0.15) is 6.10 Å². The van der Waals surface area contributed by atoms with Crippen molar-refractivity contribution in [3.8, 4) is 0 Å². The maximum absolute atomic E-state index is 6.01. The maximum Gasteiger partial charge on any atom is 0.194 e. The number of aliphatic imine (C=N–C) groups is 1. The van der Waals surface area contributed by atoms with Crippen molar-refractivity contribution in [1.82, 2.24) is 24.9 Å². The number of hydrogen-bond donors (Lipinski definition) is 1. The molecule has 29 heavy (non-hydrogen) atoms. The summed E-state index contributed by atoms with van der Waals surface area (Å²) >= 11 is 0. The monoisotopic (exact) mass is 406 g/mol. The van der Waals surface area contributed by atoms with Gasteiger partial charge in [-0.3, -0.25) is 14.6 Å². The summed E-state index contributed by atoms with van der Waals surface area (Å²) in [6, 6.07) is 0.461. The van der Waals surface area contributed by atoms with Crippen LogP contribution >= 0.6 is 0 Å². The Morgan fingerprint density at radius 1 is 1.28 bits per heavy atom. The van der Waals surface area contributed by atoms with Gasteiger partial charge in [0, 0.05) is 51.0 Å². The number of morpholine rings is 2.